The van der Waals surface area contributed by atoms with E-state index >= 15 is 0 Å². The van der Waals surface area contributed by atoms with Crippen LogP contribution in [0.2, 0.25) is 0 Å². The van der Waals surface area contributed by atoms with Crippen LogP contribution in [0.5, 0.6) is 5.75 Å². The highest BCUT2D eigenvalue weighted by Crippen LogP contribution is 2.25. The minimum absolute atomic E-state index is 0.339. The van der Waals surface area contributed by atoms with Crippen molar-refractivity contribution in [2.75, 3.05) is 0 Å². The van der Waals surface area contributed by atoms with Crippen molar-refractivity contribution in [2.24, 2.45) is 0 Å². The fraction of sp³-hybridized carbons (Fsp3) is 0.111. The summed E-state index contributed by atoms with van der Waals surface area (Å²) in [5, 5.41) is 3.56. The SMILES string of the molecule is O=CN[C@@H](Cc1c[nH]c2ccccc12)C(=O)Oc1ccccc1Br. The summed E-state index contributed by atoms with van der Waals surface area (Å²) in [6, 6.07) is 14.1. The van der Waals surface area contributed by atoms with Crippen LogP contribution in [-0.4, -0.2) is 23.4 Å². The molecule has 2 aromatic carbocycles. The maximum Gasteiger partial charge on any atom is 0.334 e. The van der Waals surface area contributed by atoms with E-state index in [4.69, 9.17) is 4.74 Å². The number of carbonyl (C=O) groups is 2. The molecule has 0 radical (unpaired) electrons. The summed E-state index contributed by atoms with van der Waals surface area (Å²) < 4.78 is 6.08. The molecule has 0 aliphatic carbocycles. The molecule has 3 aromatic rings. The van der Waals surface area contributed by atoms with E-state index < -0.39 is 12.0 Å². The Balaban J connectivity index is 1.80. The number of fused-ring (bicyclic) bond motifs is 1. The largest absolute Gasteiger partial charge is 0.424 e. The minimum Gasteiger partial charge on any atom is -0.424 e. The van der Waals surface area contributed by atoms with Crippen LogP contribution in [0.3, 0.4) is 0 Å². The van der Waals surface area contributed by atoms with Gasteiger partial charge in [-0.3, -0.25) is 4.79 Å². The molecule has 0 saturated carbocycles. The molecule has 122 valence electrons. The van der Waals surface area contributed by atoms with Crippen molar-refractivity contribution >= 4 is 39.2 Å². The van der Waals surface area contributed by atoms with Gasteiger partial charge in [-0.05, 0) is 39.7 Å². The highest BCUT2D eigenvalue weighted by atomic mass is 79.9. The first-order valence-corrected chi connectivity index (χ1v) is 8.19. The summed E-state index contributed by atoms with van der Waals surface area (Å²) in [6.07, 6.45) is 2.70. The molecule has 0 saturated heterocycles. The number of amides is 1. The van der Waals surface area contributed by atoms with Gasteiger partial charge in [0, 0.05) is 23.5 Å². The zero-order valence-corrected chi connectivity index (χ0v) is 14.2. The Bertz CT molecular complexity index is 875. The van der Waals surface area contributed by atoms with Crippen LogP contribution in [0, 0.1) is 0 Å². The first kappa shape index (κ1) is 16.3. The second-order valence-corrected chi connectivity index (χ2v) is 6.11. The average Bonchev–Trinajstić information content (AvgIpc) is 3.00. The average molecular weight is 387 g/mol. The van der Waals surface area contributed by atoms with Gasteiger partial charge >= 0.3 is 5.97 Å². The maximum absolute atomic E-state index is 12.4. The van der Waals surface area contributed by atoms with Gasteiger partial charge in [0.25, 0.3) is 0 Å². The number of para-hydroxylation sites is 2. The molecule has 0 spiro atoms. The third-order valence-electron chi connectivity index (χ3n) is 3.70. The topological polar surface area (TPSA) is 71.2 Å². The molecular formula is C18H15BrN2O3. The van der Waals surface area contributed by atoms with E-state index in [1.54, 1.807) is 18.2 Å². The number of aromatic amines is 1. The maximum atomic E-state index is 12.4. The highest BCUT2D eigenvalue weighted by Gasteiger charge is 2.22. The van der Waals surface area contributed by atoms with Gasteiger partial charge in [0.2, 0.25) is 6.41 Å². The number of hydrogen-bond acceptors (Lipinski definition) is 3. The number of nitrogens with one attached hydrogen (secondary N) is 2. The van der Waals surface area contributed by atoms with Gasteiger partial charge in [0.1, 0.15) is 11.8 Å². The van der Waals surface area contributed by atoms with Crippen LogP contribution >= 0.6 is 15.9 Å². The lowest BCUT2D eigenvalue weighted by Gasteiger charge is -2.15. The van der Waals surface area contributed by atoms with Gasteiger partial charge in [-0.2, -0.15) is 0 Å². The van der Waals surface area contributed by atoms with Crippen molar-refractivity contribution in [3.63, 3.8) is 0 Å². The Morgan fingerprint density at radius 1 is 1.21 bits per heavy atom. The van der Waals surface area contributed by atoms with Gasteiger partial charge < -0.3 is 15.0 Å². The van der Waals surface area contributed by atoms with Crippen molar-refractivity contribution in [2.45, 2.75) is 12.5 Å². The number of carbonyl (C=O) groups excluding carboxylic acids is 2. The monoisotopic (exact) mass is 386 g/mol. The Labute approximate surface area is 147 Å². The third-order valence-corrected chi connectivity index (χ3v) is 4.36. The van der Waals surface area contributed by atoms with Crippen LogP contribution in [0.4, 0.5) is 0 Å². The van der Waals surface area contributed by atoms with Gasteiger partial charge in [0.05, 0.1) is 4.47 Å². The summed E-state index contributed by atoms with van der Waals surface area (Å²) in [5.74, 6) is -0.0987. The summed E-state index contributed by atoms with van der Waals surface area (Å²) in [4.78, 5) is 26.5. The number of benzene rings is 2. The van der Waals surface area contributed by atoms with E-state index in [2.05, 4.69) is 26.2 Å². The van der Waals surface area contributed by atoms with Gasteiger partial charge in [-0.15, -0.1) is 0 Å². The predicted octanol–water partition coefficient (Wildman–Crippen LogP) is 3.19. The molecule has 2 N–H and O–H groups in total. The van der Waals surface area contributed by atoms with Gasteiger partial charge in [-0.1, -0.05) is 30.3 Å². The predicted molar refractivity (Wildman–Crippen MR) is 94.8 cm³/mol. The standard InChI is InChI=1S/C18H15BrN2O3/c19-14-6-2-4-8-17(14)24-18(23)16(21-11-22)9-12-10-20-15-7-3-1-5-13(12)15/h1-8,10-11,16,20H,9H2,(H,21,22)/t16-/m0/s1. The molecule has 0 fully saturated rings. The lowest BCUT2D eigenvalue weighted by molar-refractivity contribution is -0.137. The van der Waals surface area contributed by atoms with Crippen molar-refractivity contribution in [1.29, 1.82) is 0 Å². The molecule has 1 aromatic heterocycles. The number of halogens is 1. The Morgan fingerprint density at radius 3 is 2.75 bits per heavy atom. The molecule has 1 amide bonds. The molecule has 3 rings (SSSR count). The molecule has 1 heterocycles. The fourth-order valence-corrected chi connectivity index (χ4v) is 2.89. The minimum atomic E-state index is -0.770. The number of hydrogen-bond donors (Lipinski definition) is 2. The van der Waals surface area contributed by atoms with Crippen LogP contribution < -0.4 is 10.1 Å². The molecule has 0 aliphatic heterocycles. The van der Waals surface area contributed by atoms with Crippen LogP contribution in [0.1, 0.15) is 5.56 Å². The summed E-state index contributed by atoms with van der Waals surface area (Å²) in [5.41, 5.74) is 1.92. The third kappa shape index (κ3) is 3.49. The Morgan fingerprint density at radius 2 is 1.96 bits per heavy atom. The van der Waals surface area contributed by atoms with E-state index in [-0.39, 0.29) is 0 Å². The second-order valence-electron chi connectivity index (χ2n) is 5.25. The van der Waals surface area contributed by atoms with Crippen molar-refractivity contribution < 1.29 is 14.3 Å². The van der Waals surface area contributed by atoms with Gasteiger partial charge in [-0.25, -0.2) is 4.79 Å². The summed E-state index contributed by atoms with van der Waals surface area (Å²) in [7, 11) is 0. The number of esters is 1. The summed E-state index contributed by atoms with van der Waals surface area (Å²) in [6.45, 7) is 0. The van der Waals surface area contributed by atoms with Crippen molar-refractivity contribution in [3.8, 4) is 5.75 Å². The second kappa shape index (κ2) is 7.31. The van der Waals surface area contributed by atoms with E-state index in [0.717, 1.165) is 16.5 Å². The molecule has 0 bridgehead atoms. The molecule has 0 aliphatic rings. The van der Waals surface area contributed by atoms with E-state index in [1.807, 2.05) is 36.5 Å². The van der Waals surface area contributed by atoms with Crippen LogP contribution in [0.15, 0.2) is 59.2 Å². The normalized spacial score (nSPS) is 11.9. The van der Waals surface area contributed by atoms with E-state index in [9.17, 15) is 9.59 Å². The zero-order chi connectivity index (χ0) is 16.9. The first-order chi connectivity index (χ1) is 11.7. The van der Waals surface area contributed by atoms with E-state index in [1.165, 1.54) is 0 Å². The van der Waals surface area contributed by atoms with Gasteiger partial charge in [0.15, 0.2) is 0 Å². The Hall–Kier alpha value is -2.60. The zero-order valence-electron chi connectivity index (χ0n) is 12.7. The van der Waals surface area contributed by atoms with Crippen LogP contribution in [0.25, 0.3) is 10.9 Å². The number of aromatic nitrogens is 1. The first-order valence-electron chi connectivity index (χ1n) is 7.40. The van der Waals surface area contributed by atoms with Crippen LogP contribution in [-0.2, 0) is 16.0 Å². The quantitative estimate of drug-likeness (QED) is 0.388. The lowest BCUT2D eigenvalue weighted by atomic mass is 10.1. The molecule has 5 nitrogen and oxygen atoms in total. The number of rotatable bonds is 6. The molecule has 1 atom stereocenters. The van der Waals surface area contributed by atoms with Crippen molar-refractivity contribution in [3.05, 3.63) is 64.8 Å². The molecular weight excluding hydrogens is 372 g/mol. The smallest absolute Gasteiger partial charge is 0.334 e. The number of ether oxygens (including phenoxy) is 1. The highest BCUT2D eigenvalue weighted by molar-refractivity contribution is 9.10. The molecule has 24 heavy (non-hydrogen) atoms. The fourth-order valence-electron chi connectivity index (χ4n) is 2.52. The van der Waals surface area contributed by atoms with Crippen molar-refractivity contribution in [1.82, 2.24) is 10.3 Å². The lowest BCUT2D eigenvalue weighted by Crippen LogP contribution is -2.40. The molecule has 6 heteroatoms. The number of H-pyrrole nitrogens is 1. The van der Waals surface area contributed by atoms with E-state index in [0.29, 0.717) is 23.1 Å². The summed E-state index contributed by atoms with van der Waals surface area (Å²) >= 11 is 3.33. The molecule has 0 unspecified atom stereocenters. The Kier molecular flexibility index (Phi) is 4.96.